The largest absolute Gasteiger partial charge is 0.333 e. The minimum atomic E-state index is -2.86. The van der Waals surface area contributed by atoms with Crippen molar-refractivity contribution in [1.29, 1.82) is 0 Å². The van der Waals surface area contributed by atoms with E-state index in [4.69, 9.17) is 0 Å². The molecule has 19 heavy (non-hydrogen) atoms. The van der Waals surface area contributed by atoms with E-state index in [1.165, 1.54) is 0 Å². The van der Waals surface area contributed by atoms with Crippen LogP contribution in [-0.4, -0.2) is 35.6 Å². The minimum absolute atomic E-state index is 0. The molecule has 0 atom stereocenters. The summed E-state index contributed by atoms with van der Waals surface area (Å²) in [6.45, 7) is 0. The van der Waals surface area contributed by atoms with Gasteiger partial charge >= 0.3 is 0 Å². The van der Waals surface area contributed by atoms with Crippen molar-refractivity contribution in [1.82, 2.24) is 9.97 Å². The van der Waals surface area contributed by atoms with Crippen molar-refractivity contribution in [2.24, 2.45) is 0 Å². The molecule has 1 N–H and O–H groups in total. The van der Waals surface area contributed by atoms with Gasteiger partial charge in [0.15, 0.2) is 15.0 Å². The molecule has 102 valence electrons. The maximum atomic E-state index is 11.3. The number of sulfone groups is 1. The topological polar surface area (TPSA) is 62.8 Å². The van der Waals surface area contributed by atoms with Gasteiger partial charge in [-0.2, -0.15) is 0 Å². The van der Waals surface area contributed by atoms with Gasteiger partial charge in [0.1, 0.15) is 0 Å². The Labute approximate surface area is 126 Å². The third-order valence-electron chi connectivity index (χ3n) is 2.79. The number of hydrogen-bond donors (Lipinski definition) is 1. The van der Waals surface area contributed by atoms with Gasteiger partial charge < -0.3 is 4.98 Å². The molecule has 2 heterocycles. The third kappa shape index (κ3) is 3.40. The third-order valence-corrected chi connectivity index (χ3v) is 5.26. The first-order valence-corrected chi connectivity index (χ1v) is 8.39. The summed E-state index contributed by atoms with van der Waals surface area (Å²) in [5.41, 5.74) is 2.92. The summed E-state index contributed by atoms with van der Waals surface area (Å²) in [6, 6.07) is 7.84. The van der Waals surface area contributed by atoms with Crippen molar-refractivity contribution in [3.05, 3.63) is 35.9 Å². The van der Waals surface area contributed by atoms with E-state index in [1.807, 2.05) is 30.3 Å². The summed E-state index contributed by atoms with van der Waals surface area (Å²) in [6.07, 6.45) is 1.81. The average Bonchev–Trinajstić information content (AvgIpc) is 2.89. The normalized spacial score (nSPS) is 17.2. The van der Waals surface area contributed by atoms with Crippen molar-refractivity contribution < 1.29 is 8.42 Å². The molecule has 0 aliphatic carbocycles. The molecule has 3 rings (SSSR count). The number of imidazole rings is 1. The number of hydrogen-bond acceptors (Lipinski definition) is 4. The van der Waals surface area contributed by atoms with Crippen molar-refractivity contribution in [3.63, 3.8) is 0 Å². The Balaban J connectivity index is 0.00000133. The van der Waals surface area contributed by atoms with Gasteiger partial charge in [0.25, 0.3) is 0 Å². The highest BCUT2D eigenvalue weighted by Crippen LogP contribution is 2.23. The van der Waals surface area contributed by atoms with E-state index in [9.17, 15) is 8.42 Å². The maximum absolute atomic E-state index is 11.3. The fourth-order valence-electron chi connectivity index (χ4n) is 1.90. The number of aromatic nitrogens is 2. The lowest BCUT2D eigenvalue weighted by molar-refractivity contribution is 0.603. The summed E-state index contributed by atoms with van der Waals surface area (Å²) >= 11 is 1.54. The Morgan fingerprint density at radius 3 is 2.79 bits per heavy atom. The maximum Gasteiger partial charge on any atom is 0.166 e. The van der Waals surface area contributed by atoms with Gasteiger partial charge in [0, 0.05) is 5.75 Å². The second kappa shape index (κ2) is 5.68. The summed E-state index contributed by atoms with van der Waals surface area (Å²) in [5, 5.41) is 0.835. The molecule has 0 unspecified atom stereocenters. The minimum Gasteiger partial charge on any atom is -0.333 e. The highest BCUT2D eigenvalue weighted by atomic mass is 79.9. The monoisotopic (exact) mass is 360 g/mol. The smallest absolute Gasteiger partial charge is 0.166 e. The van der Waals surface area contributed by atoms with Gasteiger partial charge in [0.05, 0.1) is 22.5 Å². The van der Waals surface area contributed by atoms with E-state index in [2.05, 4.69) is 9.97 Å². The number of H-pyrrole nitrogens is 1. The van der Waals surface area contributed by atoms with Crippen LogP contribution in [0.4, 0.5) is 0 Å². The number of nitrogens with one attached hydrogen (secondary N) is 1. The number of halogens is 1. The van der Waals surface area contributed by atoms with Crippen LogP contribution in [0.3, 0.4) is 0 Å². The predicted molar refractivity (Wildman–Crippen MR) is 83.9 cm³/mol. The van der Waals surface area contributed by atoms with E-state index in [0.29, 0.717) is 5.75 Å². The second-order valence-corrected chi connectivity index (χ2v) is 7.34. The van der Waals surface area contributed by atoms with Crippen molar-refractivity contribution >= 4 is 49.6 Å². The Bertz CT molecular complexity index is 689. The van der Waals surface area contributed by atoms with Gasteiger partial charge in [-0.15, -0.1) is 17.0 Å². The molecule has 2 aromatic rings. The van der Waals surface area contributed by atoms with E-state index in [-0.39, 0.29) is 28.5 Å². The Morgan fingerprint density at radius 1 is 1.32 bits per heavy atom. The second-order valence-electron chi connectivity index (χ2n) is 4.26. The quantitative estimate of drug-likeness (QED) is 0.674. The number of nitrogens with zero attached hydrogens (tertiary/aromatic N) is 1. The van der Waals surface area contributed by atoms with E-state index in [1.54, 1.807) is 11.8 Å². The SMILES string of the molecule is Br.O=S1(=O)CC=C(CSc2nc3ccccc3[nH]2)C1. The van der Waals surface area contributed by atoms with Crippen molar-refractivity contribution in [2.45, 2.75) is 5.16 Å². The van der Waals surface area contributed by atoms with Crippen LogP contribution in [0.2, 0.25) is 0 Å². The zero-order valence-corrected chi connectivity index (χ0v) is 13.3. The van der Waals surface area contributed by atoms with Gasteiger partial charge in [-0.25, -0.2) is 13.4 Å². The lowest BCUT2D eigenvalue weighted by Gasteiger charge is -1.98. The Hall–Kier alpha value is -0.790. The first-order valence-electron chi connectivity index (χ1n) is 5.58. The lowest BCUT2D eigenvalue weighted by Crippen LogP contribution is -2.03. The fourth-order valence-corrected chi connectivity index (χ4v) is 4.31. The molecule has 0 fully saturated rings. The number of aromatic amines is 1. The highest BCUT2D eigenvalue weighted by Gasteiger charge is 2.19. The number of thioether (sulfide) groups is 1. The van der Waals surface area contributed by atoms with E-state index < -0.39 is 9.84 Å². The molecule has 7 heteroatoms. The first-order chi connectivity index (χ1) is 8.62. The van der Waals surface area contributed by atoms with Gasteiger partial charge in [-0.3, -0.25) is 0 Å². The predicted octanol–water partition coefficient (Wildman–Crippen LogP) is 2.59. The molecular weight excluding hydrogens is 348 g/mol. The lowest BCUT2D eigenvalue weighted by atomic mass is 10.3. The molecule has 0 radical (unpaired) electrons. The fraction of sp³-hybridized carbons (Fsp3) is 0.250. The van der Waals surface area contributed by atoms with Gasteiger partial charge in [0.2, 0.25) is 0 Å². The Morgan fingerprint density at radius 2 is 2.11 bits per heavy atom. The summed E-state index contributed by atoms with van der Waals surface area (Å²) in [7, 11) is -2.86. The van der Waals surface area contributed by atoms with Crippen LogP contribution in [0.15, 0.2) is 41.1 Å². The van der Waals surface area contributed by atoms with E-state index in [0.717, 1.165) is 21.8 Å². The standard InChI is InChI=1S/C12H12N2O2S2.BrH/c15-18(16)6-5-9(8-18)7-17-12-13-10-3-1-2-4-11(10)14-12;/h1-5H,6-8H2,(H,13,14);1H. The van der Waals surface area contributed by atoms with E-state index >= 15 is 0 Å². The summed E-state index contributed by atoms with van der Waals surface area (Å²) in [5.74, 6) is 1.06. The molecule has 1 aromatic carbocycles. The van der Waals surface area contributed by atoms with Crippen LogP contribution in [0.1, 0.15) is 0 Å². The molecule has 4 nitrogen and oxygen atoms in total. The highest BCUT2D eigenvalue weighted by molar-refractivity contribution is 8.93. The van der Waals surface area contributed by atoms with Gasteiger partial charge in [-0.1, -0.05) is 30.0 Å². The molecule has 0 saturated heterocycles. The molecular formula is C12H13BrN2O2S2. The zero-order chi connectivity index (χ0) is 12.6. The first kappa shape index (κ1) is 14.6. The number of para-hydroxylation sites is 2. The summed E-state index contributed by atoms with van der Waals surface area (Å²) < 4.78 is 22.6. The molecule has 1 aromatic heterocycles. The van der Waals surface area contributed by atoms with Crippen molar-refractivity contribution in [3.8, 4) is 0 Å². The number of rotatable bonds is 3. The van der Waals surface area contributed by atoms with Crippen LogP contribution in [-0.2, 0) is 9.84 Å². The van der Waals surface area contributed by atoms with Crippen LogP contribution in [0, 0.1) is 0 Å². The van der Waals surface area contributed by atoms with Crippen LogP contribution < -0.4 is 0 Å². The molecule has 1 aliphatic rings. The summed E-state index contributed by atoms with van der Waals surface area (Å²) in [4.78, 5) is 7.66. The van der Waals surface area contributed by atoms with Crippen molar-refractivity contribution in [2.75, 3.05) is 17.3 Å². The molecule has 0 saturated carbocycles. The average molecular weight is 361 g/mol. The Kier molecular flexibility index (Phi) is 4.37. The molecule has 0 bridgehead atoms. The van der Waals surface area contributed by atoms with Crippen LogP contribution in [0.5, 0.6) is 0 Å². The molecule has 0 spiro atoms. The van der Waals surface area contributed by atoms with Crippen LogP contribution in [0.25, 0.3) is 11.0 Å². The number of benzene rings is 1. The zero-order valence-electron chi connectivity index (χ0n) is 10.00. The molecule has 1 aliphatic heterocycles. The van der Waals surface area contributed by atoms with Crippen LogP contribution >= 0.6 is 28.7 Å². The number of fused-ring (bicyclic) bond motifs is 1. The van der Waals surface area contributed by atoms with Gasteiger partial charge in [-0.05, 0) is 17.7 Å². The molecule has 0 amide bonds.